The average Bonchev–Trinajstić information content (AvgIpc) is 3.39. The number of carbonyl (C=O) groups excluding carboxylic acids is 1. The number of benzene rings is 3. The Morgan fingerprint density at radius 1 is 1.06 bits per heavy atom. The van der Waals surface area contributed by atoms with Crippen LogP contribution in [-0.4, -0.2) is 38.1 Å². The van der Waals surface area contributed by atoms with E-state index in [-0.39, 0.29) is 28.5 Å². The Kier molecular flexibility index (Phi) is 9.60. The lowest BCUT2D eigenvalue weighted by atomic mass is 9.93. The molecule has 0 unspecified atom stereocenters. The van der Waals surface area contributed by atoms with Crippen molar-refractivity contribution in [1.82, 2.24) is 14.5 Å². The number of nitro groups is 1. The van der Waals surface area contributed by atoms with Gasteiger partial charge in [-0.1, -0.05) is 59.9 Å². The molecular formula is C35H29N5O6S2. The molecule has 0 bridgehead atoms. The second kappa shape index (κ2) is 14.2. The molecule has 13 heteroatoms. The molecule has 0 N–H and O–H groups in total. The lowest BCUT2D eigenvalue weighted by Crippen LogP contribution is -2.40. The van der Waals surface area contributed by atoms with Crippen LogP contribution in [0.4, 0.5) is 5.69 Å². The predicted molar refractivity (Wildman–Crippen MR) is 183 cm³/mol. The monoisotopic (exact) mass is 679 g/mol. The maximum absolute atomic E-state index is 14.2. The summed E-state index contributed by atoms with van der Waals surface area (Å²) in [5.74, 6) is 0.0566. The normalized spacial score (nSPS) is 14.4. The van der Waals surface area contributed by atoms with E-state index in [9.17, 15) is 19.7 Å². The second-order valence-corrected chi connectivity index (χ2v) is 12.8. The van der Waals surface area contributed by atoms with Gasteiger partial charge in [-0.2, -0.15) is 0 Å². The Labute approximate surface area is 283 Å². The molecule has 6 rings (SSSR count). The van der Waals surface area contributed by atoms with Gasteiger partial charge in [0.1, 0.15) is 5.75 Å². The number of rotatable bonds is 10. The van der Waals surface area contributed by atoms with Crippen molar-refractivity contribution in [1.29, 1.82) is 0 Å². The molecule has 0 spiro atoms. The summed E-state index contributed by atoms with van der Waals surface area (Å²) < 4.78 is 13.1. The summed E-state index contributed by atoms with van der Waals surface area (Å²) in [4.78, 5) is 53.4. The van der Waals surface area contributed by atoms with Gasteiger partial charge in [0, 0.05) is 24.0 Å². The molecule has 2 aromatic heterocycles. The first-order valence-corrected chi connectivity index (χ1v) is 16.6. The topological polar surface area (TPSA) is 139 Å². The molecule has 5 aromatic rings. The van der Waals surface area contributed by atoms with Crippen molar-refractivity contribution < 1.29 is 19.2 Å². The number of thiazole rings is 1. The minimum Gasteiger partial charge on any atom is -0.491 e. The zero-order valence-corrected chi connectivity index (χ0v) is 27.7. The van der Waals surface area contributed by atoms with E-state index in [2.05, 4.69) is 9.97 Å². The molecule has 0 saturated carbocycles. The molecule has 11 nitrogen and oxygen atoms in total. The first-order chi connectivity index (χ1) is 23.2. The number of fused-ring (bicyclic) bond motifs is 1. The molecule has 0 saturated heterocycles. The highest BCUT2D eigenvalue weighted by molar-refractivity contribution is 7.99. The van der Waals surface area contributed by atoms with E-state index in [0.29, 0.717) is 43.0 Å². The first-order valence-electron chi connectivity index (χ1n) is 15.0. The van der Waals surface area contributed by atoms with Gasteiger partial charge < -0.3 is 9.47 Å². The maximum atomic E-state index is 14.2. The maximum Gasteiger partial charge on any atom is 0.338 e. The molecule has 0 amide bonds. The fraction of sp³-hybridized carbons (Fsp3) is 0.171. The van der Waals surface area contributed by atoms with Crippen LogP contribution >= 0.6 is 23.1 Å². The van der Waals surface area contributed by atoms with E-state index in [1.165, 1.54) is 10.6 Å². The lowest BCUT2D eigenvalue weighted by molar-refractivity contribution is -0.387. The second-order valence-electron chi connectivity index (χ2n) is 10.8. The van der Waals surface area contributed by atoms with E-state index in [1.54, 1.807) is 55.7 Å². The summed E-state index contributed by atoms with van der Waals surface area (Å²) in [5.41, 5.74) is 1.86. The summed E-state index contributed by atoms with van der Waals surface area (Å²) in [6, 6.07) is 22.0. The van der Waals surface area contributed by atoms with E-state index in [0.717, 1.165) is 23.1 Å². The fourth-order valence-corrected chi connectivity index (χ4v) is 7.00. The number of ether oxygens (including phenoxy) is 2. The van der Waals surface area contributed by atoms with E-state index >= 15 is 0 Å². The fourth-order valence-electron chi connectivity index (χ4n) is 5.20. The number of carbonyl (C=O) groups is 1. The average molecular weight is 680 g/mol. The molecule has 0 radical (unpaired) electrons. The molecule has 48 heavy (non-hydrogen) atoms. The van der Waals surface area contributed by atoms with Gasteiger partial charge >= 0.3 is 5.97 Å². The zero-order valence-electron chi connectivity index (χ0n) is 26.1. The van der Waals surface area contributed by atoms with Crippen molar-refractivity contribution in [2.24, 2.45) is 4.99 Å². The molecule has 0 aliphatic carbocycles. The molecule has 0 fully saturated rings. The summed E-state index contributed by atoms with van der Waals surface area (Å²) >= 11 is 2.21. The van der Waals surface area contributed by atoms with Crippen LogP contribution in [-0.2, 0) is 9.53 Å². The molecule has 1 aliphatic heterocycles. The Balaban J connectivity index is 1.53. The van der Waals surface area contributed by atoms with Gasteiger partial charge in [0.2, 0.25) is 0 Å². The van der Waals surface area contributed by atoms with E-state index in [4.69, 9.17) is 14.5 Å². The summed E-state index contributed by atoms with van der Waals surface area (Å²) in [6.45, 7) is 5.71. The quantitative estimate of drug-likeness (QED) is 0.0802. The van der Waals surface area contributed by atoms with Crippen molar-refractivity contribution in [2.75, 3.05) is 6.61 Å². The SMILES string of the molecule is CCOC(=O)C1=C(c2ccccc2)N=c2s/c(=C\c3ccc(Sc4ncccn4)c([N+](=O)[O-])c3)c(=O)n2[C@H]1c1ccc(OC(C)C)cc1. The number of nitrogens with zero attached hydrogens (tertiary/aromatic N) is 5. The van der Waals surface area contributed by atoms with Gasteiger partial charge in [-0.3, -0.25) is 19.5 Å². The van der Waals surface area contributed by atoms with Crippen LogP contribution < -0.4 is 19.6 Å². The van der Waals surface area contributed by atoms with E-state index in [1.807, 2.05) is 56.3 Å². The summed E-state index contributed by atoms with van der Waals surface area (Å²) in [7, 11) is 0. The standard InChI is InChI=1S/C35H29N5O6S2/c1-4-45-33(42)29-30(23-9-6-5-7-10-23)38-35-39(31(29)24-12-14-25(15-13-24)46-21(2)3)32(41)28(48-35)20-22-11-16-27(26(19-22)40(43)44)47-34-36-17-8-18-37-34/h5-21,31H,4H2,1-3H3/b28-20-/t31-/m0/s1. The largest absolute Gasteiger partial charge is 0.491 e. The lowest BCUT2D eigenvalue weighted by Gasteiger charge is -2.26. The van der Waals surface area contributed by atoms with Crippen molar-refractivity contribution in [2.45, 2.75) is 43.0 Å². The molecular weight excluding hydrogens is 651 g/mol. The third-order valence-corrected chi connectivity index (χ3v) is 9.10. The summed E-state index contributed by atoms with van der Waals surface area (Å²) in [5, 5.41) is 12.4. The van der Waals surface area contributed by atoms with Crippen LogP contribution in [0, 0.1) is 10.1 Å². The third-order valence-electron chi connectivity index (χ3n) is 7.16. The minimum absolute atomic E-state index is 0.0386. The zero-order chi connectivity index (χ0) is 33.8. The first kappa shape index (κ1) is 32.5. The van der Waals surface area contributed by atoms with Gasteiger partial charge in [0.05, 0.1) is 44.4 Å². The smallest absolute Gasteiger partial charge is 0.338 e. The number of nitro benzene ring substituents is 1. The highest BCUT2D eigenvalue weighted by Gasteiger charge is 2.35. The van der Waals surface area contributed by atoms with Crippen molar-refractivity contribution in [3.05, 3.63) is 143 Å². The summed E-state index contributed by atoms with van der Waals surface area (Å²) in [6.07, 6.45) is 4.68. The highest BCUT2D eigenvalue weighted by Crippen LogP contribution is 2.36. The molecule has 1 aliphatic rings. The third kappa shape index (κ3) is 6.82. The molecule has 3 heterocycles. The highest BCUT2D eigenvalue weighted by atomic mass is 32.2. The Bertz CT molecular complexity index is 2200. The van der Waals surface area contributed by atoms with E-state index < -0.39 is 22.5 Å². The van der Waals surface area contributed by atoms with Gasteiger partial charge in [-0.05, 0) is 74.0 Å². The van der Waals surface area contributed by atoms with Gasteiger partial charge in [0.15, 0.2) is 9.96 Å². The van der Waals surface area contributed by atoms with Crippen molar-refractivity contribution >= 4 is 46.5 Å². The van der Waals surface area contributed by atoms with Crippen LogP contribution in [0.5, 0.6) is 5.75 Å². The van der Waals surface area contributed by atoms with Crippen LogP contribution in [0.25, 0.3) is 11.8 Å². The molecule has 1 atom stereocenters. The predicted octanol–water partition coefficient (Wildman–Crippen LogP) is 5.57. The Hall–Kier alpha value is -5.40. The Morgan fingerprint density at radius 2 is 1.79 bits per heavy atom. The van der Waals surface area contributed by atoms with Crippen LogP contribution in [0.3, 0.4) is 0 Å². The van der Waals surface area contributed by atoms with Gasteiger partial charge in [-0.25, -0.2) is 19.8 Å². The minimum atomic E-state index is -0.871. The van der Waals surface area contributed by atoms with Gasteiger partial charge in [-0.15, -0.1) is 0 Å². The van der Waals surface area contributed by atoms with Crippen molar-refractivity contribution in [3.63, 3.8) is 0 Å². The van der Waals surface area contributed by atoms with Gasteiger partial charge in [0.25, 0.3) is 11.2 Å². The van der Waals surface area contributed by atoms with Crippen LogP contribution in [0.2, 0.25) is 0 Å². The number of aromatic nitrogens is 3. The number of hydrogen-bond donors (Lipinski definition) is 0. The van der Waals surface area contributed by atoms with Crippen molar-refractivity contribution in [3.8, 4) is 5.75 Å². The molecule has 242 valence electrons. The van der Waals surface area contributed by atoms with Crippen LogP contribution in [0.15, 0.2) is 117 Å². The number of esters is 1. The number of hydrogen-bond acceptors (Lipinski definition) is 11. The molecule has 3 aromatic carbocycles. The van der Waals surface area contributed by atoms with Crippen LogP contribution in [0.1, 0.15) is 43.5 Å². The Morgan fingerprint density at radius 3 is 2.46 bits per heavy atom.